The first kappa shape index (κ1) is 27.6. The van der Waals surface area contributed by atoms with Crippen molar-refractivity contribution in [1.82, 2.24) is 4.72 Å². The molecule has 34 heavy (non-hydrogen) atoms. The largest absolute Gasteiger partial charge is 0.479 e. The van der Waals surface area contributed by atoms with Crippen LogP contribution in [0, 0.1) is 15.9 Å². The Kier molecular flexibility index (Phi) is 7.77. The number of para-hydroxylation sites is 1. The Hall–Kier alpha value is -2.62. The maximum Gasteiger partial charge on any atom is 0.428 e. The highest BCUT2D eigenvalue weighted by Crippen LogP contribution is 2.37. The minimum Gasteiger partial charge on any atom is -0.479 e. The van der Waals surface area contributed by atoms with Crippen molar-refractivity contribution in [2.45, 2.75) is 36.1 Å². The third kappa shape index (κ3) is 5.54. The summed E-state index contributed by atoms with van der Waals surface area (Å²) < 4.78 is 87.9. The molecule has 2 N–H and O–H groups in total. The Morgan fingerprint density at radius 2 is 1.79 bits per heavy atom. The van der Waals surface area contributed by atoms with Crippen molar-refractivity contribution in [2.75, 3.05) is 6.61 Å². The van der Waals surface area contributed by atoms with Crippen molar-refractivity contribution >= 4 is 37.6 Å². The fourth-order valence-corrected chi connectivity index (χ4v) is 4.73. The zero-order chi connectivity index (χ0) is 26.1. The number of carbonyl (C=O) groups is 1. The first-order valence-corrected chi connectivity index (χ1v) is 11.4. The third-order valence-corrected chi connectivity index (χ3v) is 6.97. The molecule has 2 aromatic rings. The first-order chi connectivity index (χ1) is 15.4. The molecule has 0 aromatic heterocycles. The number of nitrogens with zero attached hydrogens (tertiary/aromatic N) is 1. The third-order valence-electron chi connectivity index (χ3n) is 4.83. The monoisotopic (exact) mass is 572 g/mol. The molecule has 186 valence electrons. The topological polar surface area (TPSA) is 136 Å². The molecule has 0 heterocycles. The summed E-state index contributed by atoms with van der Waals surface area (Å²) in [4.78, 5) is 20.8. The summed E-state index contributed by atoms with van der Waals surface area (Å²) in [5, 5.41) is 20.4. The van der Waals surface area contributed by atoms with E-state index in [2.05, 4.69) is 20.7 Å². The van der Waals surface area contributed by atoms with E-state index >= 15 is 0 Å². The van der Waals surface area contributed by atoms with Gasteiger partial charge < -0.3 is 9.84 Å². The van der Waals surface area contributed by atoms with Gasteiger partial charge in [0.05, 0.1) is 17.1 Å². The number of nitro benzene ring substituents is 1. The smallest absolute Gasteiger partial charge is 0.428 e. The van der Waals surface area contributed by atoms with Gasteiger partial charge in [-0.25, -0.2) is 17.6 Å². The predicted molar refractivity (Wildman–Crippen MR) is 113 cm³/mol. The summed E-state index contributed by atoms with van der Waals surface area (Å²) in [7, 11) is -4.88. The SMILES string of the molecule is CC(COC(C)(C(=O)O)C(F)(F)F)(NS(=O)(=O)c1ccccc1[N+](=O)[O-])c1cc(Br)ccc1F. The van der Waals surface area contributed by atoms with Gasteiger partial charge in [0.15, 0.2) is 4.90 Å². The normalized spacial score (nSPS) is 15.9. The van der Waals surface area contributed by atoms with Gasteiger partial charge in [-0.05, 0) is 38.1 Å². The van der Waals surface area contributed by atoms with E-state index in [1.807, 2.05) is 4.72 Å². The average Bonchev–Trinajstić information content (AvgIpc) is 2.72. The van der Waals surface area contributed by atoms with E-state index in [0.29, 0.717) is 0 Å². The predicted octanol–water partition coefficient (Wildman–Crippen LogP) is 4.11. The number of aliphatic carboxylic acids is 1. The number of carboxylic acid groups (broad SMARTS) is 1. The molecule has 2 aromatic carbocycles. The number of sulfonamides is 1. The molecule has 2 atom stereocenters. The molecule has 0 radical (unpaired) electrons. The molecule has 0 aliphatic rings. The maximum absolute atomic E-state index is 14.7. The number of carboxylic acids is 1. The zero-order valence-electron chi connectivity index (χ0n) is 17.4. The molecule has 0 aliphatic carbocycles. The van der Waals surface area contributed by atoms with E-state index in [-0.39, 0.29) is 11.4 Å². The fourth-order valence-electron chi connectivity index (χ4n) is 2.82. The number of nitrogens with one attached hydrogen (secondary N) is 1. The molecular formula is C19H17BrF4N2O7S. The van der Waals surface area contributed by atoms with Crippen molar-refractivity contribution in [3.05, 3.63) is 68.4 Å². The minimum absolute atomic E-state index is 0.205. The summed E-state index contributed by atoms with van der Waals surface area (Å²) in [6, 6.07) is 7.27. The standard InChI is InChI=1S/C19H17BrF4N2O7S/c1-17(12-9-11(20)7-8-13(12)21,10-33-18(2,16(27)28)19(22,23)24)25-34(31,32)15-6-4-3-5-14(15)26(29)30/h3-9,25H,10H2,1-2H3,(H,27,28). The number of hydrogen-bond acceptors (Lipinski definition) is 6. The summed E-state index contributed by atoms with van der Waals surface area (Å²) in [6.45, 7) is -0.158. The lowest BCUT2D eigenvalue weighted by Gasteiger charge is -2.35. The van der Waals surface area contributed by atoms with Crippen molar-refractivity contribution < 1.29 is 45.5 Å². The number of hydrogen-bond donors (Lipinski definition) is 2. The molecule has 15 heteroatoms. The maximum atomic E-state index is 14.7. The van der Waals surface area contributed by atoms with Crippen LogP contribution in [0.25, 0.3) is 0 Å². The Balaban J connectivity index is 2.65. The van der Waals surface area contributed by atoms with Crippen molar-refractivity contribution in [1.29, 1.82) is 0 Å². The summed E-state index contributed by atoms with van der Waals surface area (Å²) in [6.07, 6.45) is -5.42. The van der Waals surface area contributed by atoms with Crippen LogP contribution in [0.3, 0.4) is 0 Å². The molecule has 9 nitrogen and oxygen atoms in total. The van der Waals surface area contributed by atoms with Gasteiger partial charge in [0.25, 0.3) is 11.3 Å². The summed E-state index contributed by atoms with van der Waals surface area (Å²) in [5.74, 6) is -3.48. The van der Waals surface area contributed by atoms with E-state index in [1.54, 1.807) is 0 Å². The molecule has 2 rings (SSSR count). The van der Waals surface area contributed by atoms with Crippen LogP contribution >= 0.6 is 15.9 Å². The highest BCUT2D eigenvalue weighted by molar-refractivity contribution is 9.10. The molecule has 2 unspecified atom stereocenters. The first-order valence-electron chi connectivity index (χ1n) is 9.11. The second kappa shape index (κ2) is 9.56. The zero-order valence-corrected chi connectivity index (χ0v) is 19.8. The number of ether oxygens (including phenoxy) is 1. The van der Waals surface area contributed by atoms with Crippen LogP contribution in [0.4, 0.5) is 23.2 Å². The molecule has 0 bridgehead atoms. The molecule has 0 saturated heterocycles. The van der Waals surface area contributed by atoms with Crippen molar-refractivity contribution in [3.8, 4) is 0 Å². The van der Waals surface area contributed by atoms with Crippen LogP contribution in [0.2, 0.25) is 0 Å². The van der Waals surface area contributed by atoms with Crippen LogP contribution in [0.5, 0.6) is 0 Å². The lowest BCUT2D eigenvalue weighted by atomic mass is 9.93. The van der Waals surface area contributed by atoms with Gasteiger partial charge in [-0.1, -0.05) is 28.1 Å². The van der Waals surface area contributed by atoms with E-state index < -0.39 is 66.8 Å². The van der Waals surface area contributed by atoms with Gasteiger partial charge in [0, 0.05) is 16.1 Å². The second-order valence-corrected chi connectivity index (χ2v) is 9.98. The quantitative estimate of drug-likeness (QED) is 0.262. The number of benzene rings is 2. The second-order valence-electron chi connectivity index (χ2n) is 7.41. The number of halogens is 5. The summed E-state index contributed by atoms with van der Waals surface area (Å²) >= 11 is 3.04. The lowest BCUT2D eigenvalue weighted by Crippen LogP contribution is -2.56. The highest BCUT2D eigenvalue weighted by atomic mass is 79.9. The molecule has 0 spiro atoms. The van der Waals surface area contributed by atoms with Crippen LogP contribution in [-0.2, 0) is 25.1 Å². The minimum atomic E-state index is -5.42. The van der Waals surface area contributed by atoms with E-state index in [1.165, 1.54) is 18.2 Å². The Morgan fingerprint density at radius 1 is 1.21 bits per heavy atom. The van der Waals surface area contributed by atoms with Gasteiger partial charge in [-0.15, -0.1) is 0 Å². The van der Waals surface area contributed by atoms with Crippen LogP contribution in [-0.4, -0.2) is 42.8 Å². The van der Waals surface area contributed by atoms with Gasteiger partial charge >= 0.3 is 12.1 Å². The Labute approximate surface area is 199 Å². The van der Waals surface area contributed by atoms with Gasteiger partial charge in [-0.3, -0.25) is 10.1 Å². The van der Waals surface area contributed by atoms with Gasteiger partial charge in [-0.2, -0.15) is 17.9 Å². The molecule has 0 fully saturated rings. The van der Waals surface area contributed by atoms with E-state index in [4.69, 9.17) is 5.11 Å². The van der Waals surface area contributed by atoms with E-state index in [0.717, 1.165) is 31.2 Å². The summed E-state index contributed by atoms with van der Waals surface area (Å²) in [5.41, 5.74) is -7.49. The highest BCUT2D eigenvalue weighted by Gasteiger charge is 2.59. The Morgan fingerprint density at radius 3 is 2.32 bits per heavy atom. The van der Waals surface area contributed by atoms with Gasteiger partial charge in [0.1, 0.15) is 5.82 Å². The fraction of sp³-hybridized carbons (Fsp3) is 0.316. The Bertz CT molecular complexity index is 1230. The number of nitro groups is 1. The van der Waals surface area contributed by atoms with E-state index in [9.17, 15) is 40.9 Å². The molecular weight excluding hydrogens is 556 g/mol. The van der Waals surface area contributed by atoms with Crippen molar-refractivity contribution in [3.63, 3.8) is 0 Å². The van der Waals surface area contributed by atoms with Crippen LogP contribution < -0.4 is 4.72 Å². The lowest BCUT2D eigenvalue weighted by molar-refractivity contribution is -0.387. The molecule has 0 amide bonds. The van der Waals surface area contributed by atoms with Gasteiger partial charge in [0.2, 0.25) is 10.0 Å². The van der Waals surface area contributed by atoms with Crippen LogP contribution in [0.1, 0.15) is 19.4 Å². The molecule has 0 saturated carbocycles. The number of rotatable bonds is 9. The van der Waals surface area contributed by atoms with Crippen LogP contribution in [0.15, 0.2) is 51.8 Å². The van der Waals surface area contributed by atoms with Crippen molar-refractivity contribution in [2.24, 2.45) is 0 Å². The average molecular weight is 573 g/mol. The molecule has 0 aliphatic heterocycles. The number of alkyl halides is 3.